The molecule has 3 atom stereocenters. The third-order valence-corrected chi connectivity index (χ3v) is 4.00. The van der Waals surface area contributed by atoms with E-state index < -0.39 is 0 Å². The predicted octanol–water partition coefficient (Wildman–Crippen LogP) is 2.12. The molecule has 0 bridgehead atoms. The van der Waals surface area contributed by atoms with E-state index in [4.69, 9.17) is 4.74 Å². The van der Waals surface area contributed by atoms with E-state index in [1.165, 1.54) is 19.3 Å². The van der Waals surface area contributed by atoms with Gasteiger partial charge in [-0.25, -0.2) is 0 Å². The van der Waals surface area contributed by atoms with E-state index in [1.54, 1.807) is 0 Å². The summed E-state index contributed by atoms with van der Waals surface area (Å²) in [5, 5.41) is 3.69. The molecule has 0 aromatic rings. The highest BCUT2D eigenvalue weighted by Gasteiger charge is 2.24. The molecular formula is C14H30N2O. The fourth-order valence-electron chi connectivity index (χ4n) is 2.39. The van der Waals surface area contributed by atoms with Crippen LogP contribution in [0.1, 0.15) is 40.0 Å². The molecule has 1 N–H and O–H groups in total. The molecule has 0 amide bonds. The van der Waals surface area contributed by atoms with Crippen molar-refractivity contribution in [2.45, 2.75) is 52.1 Å². The molecule has 0 spiro atoms. The Bertz CT molecular complexity index is 193. The molecule has 102 valence electrons. The van der Waals surface area contributed by atoms with Crippen LogP contribution < -0.4 is 5.32 Å². The van der Waals surface area contributed by atoms with E-state index >= 15 is 0 Å². The van der Waals surface area contributed by atoms with E-state index in [1.807, 2.05) is 0 Å². The summed E-state index contributed by atoms with van der Waals surface area (Å²) in [5.41, 5.74) is 0. The zero-order valence-electron chi connectivity index (χ0n) is 12.0. The highest BCUT2D eigenvalue weighted by molar-refractivity contribution is 4.80. The fourth-order valence-corrected chi connectivity index (χ4v) is 2.39. The van der Waals surface area contributed by atoms with Crippen LogP contribution in [0.3, 0.4) is 0 Å². The van der Waals surface area contributed by atoms with Gasteiger partial charge >= 0.3 is 0 Å². The summed E-state index contributed by atoms with van der Waals surface area (Å²) in [6.45, 7) is 11.0. The van der Waals surface area contributed by atoms with Gasteiger partial charge in [-0.3, -0.25) is 4.90 Å². The van der Waals surface area contributed by atoms with Crippen LogP contribution in [0, 0.1) is 5.92 Å². The van der Waals surface area contributed by atoms with Gasteiger partial charge in [0.25, 0.3) is 0 Å². The van der Waals surface area contributed by atoms with Gasteiger partial charge in [-0.1, -0.05) is 27.2 Å². The number of hydrogen-bond donors (Lipinski definition) is 1. The number of nitrogens with one attached hydrogen (secondary N) is 1. The molecule has 0 aliphatic carbocycles. The zero-order valence-corrected chi connectivity index (χ0v) is 12.0. The molecule has 1 saturated heterocycles. The number of rotatable bonds is 8. The van der Waals surface area contributed by atoms with Crippen molar-refractivity contribution in [2.24, 2.45) is 5.92 Å². The van der Waals surface area contributed by atoms with Gasteiger partial charge < -0.3 is 10.1 Å². The first-order valence-electron chi connectivity index (χ1n) is 7.20. The van der Waals surface area contributed by atoms with Crippen molar-refractivity contribution in [1.82, 2.24) is 10.2 Å². The number of nitrogens with zero attached hydrogens (tertiary/aromatic N) is 1. The Morgan fingerprint density at radius 3 is 2.71 bits per heavy atom. The van der Waals surface area contributed by atoms with Crippen LogP contribution in [0.5, 0.6) is 0 Å². The van der Waals surface area contributed by atoms with Crippen LogP contribution in [0.2, 0.25) is 0 Å². The quantitative estimate of drug-likeness (QED) is 0.705. The molecule has 3 nitrogen and oxygen atoms in total. The molecule has 1 rings (SSSR count). The summed E-state index contributed by atoms with van der Waals surface area (Å²) in [7, 11) is 2.24. The highest BCUT2D eigenvalue weighted by Crippen LogP contribution is 2.14. The molecule has 0 aromatic heterocycles. The Labute approximate surface area is 107 Å². The third kappa shape index (κ3) is 4.94. The number of likely N-dealkylation sites (N-methyl/N-ethyl adjacent to an activating group) is 1. The third-order valence-electron chi connectivity index (χ3n) is 4.00. The molecule has 1 aliphatic heterocycles. The summed E-state index contributed by atoms with van der Waals surface area (Å²) in [6, 6.07) is 1.25. The van der Waals surface area contributed by atoms with Crippen LogP contribution in [-0.4, -0.2) is 50.3 Å². The first-order chi connectivity index (χ1) is 8.19. The lowest BCUT2D eigenvalue weighted by Crippen LogP contribution is -2.47. The van der Waals surface area contributed by atoms with E-state index in [2.05, 4.69) is 38.0 Å². The van der Waals surface area contributed by atoms with Gasteiger partial charge in [0.2, 0.25) is 0 Å². The predicted molar refractivity (Wildman–Crippen MR) is 73.4 cm³/mol. The van der Waals surface area contributed by atoms with Gasteiger partial charge in [0.1, 0.15) is 0 Å². The minimum atomic E-state index is 0.616. The van der Waals surface area contributed by atoms with Gasteiger partial charge in [0.05, 0.1) is 6.61 Å². The maximum atomic E-state index is 5.47. The average molecular weight is 242 g/mol. The first-order valence-corrected chi connectivity index (χ1v) is 7.20. The van der Waals surface area contributed by atoms with E-state index in [0.29, 0.717) is 12.1 Å². The second kappa shape index (κ2) is 8.06. The molecule has 1 fully saturated rings. The SMILES string of the molecule is CCCNC(CN(C)C1CCOC1)C(C)CC. The number of ether oxygens (including phenoxy) is 1. The van der Waals surface area contributed by atoms with Gasteiger partial charge in [-0.05, 0) is 32.4 Å². The minimum absolute atomic E-state index is 0.616. The van der Waals surface area contributed by atoms with E-state index in [-0.39, 0.29) is 0 Å². The summed E-state index contributed by atoms with van der Waals surface area (Å²) in [4.78, 5) is 2.48. The summed E-state index contributed by atoms with van der Waals surface area (Å²) >= 11 is 0. The molecule has 0 radical (unpaired) electrons. The van der Waals surface area contributed by atoms with Crippen LogP contribution in [0.25, 0.3) is 0 Å². The Morgan fingerprint density at radius 1 is 1.41 bits per heavy atom. The Hall–Kier alpha value is -0.120. The van der Waals surface area contributed by atoms with Crippen molar-refractivity contribution in [3.8, 4) is 0 Å². The van der Waals surface area contributed by atoms with Gasteiger partial charge in [0.15, 0.2) is 0 Å². The van der Waals surface area contributed by atoms with Gasteiger partial charge in [-0.15, -0.1) is 0 Å². The zero-order chi connectivity index (χ0) is 12.7. The van der Waals surface area contributed by atoms with Crippen molar-refractivity contribution < 1.29 is 4.74 Å². The van der Waals surface area contributed by atoms with Gasteiger partial charge in [-0.2, -0.15) is 0 Å². The topological polar surface area (TPSA) is 24.5 Å². The van der Waals surface area contributed by atoms with E-state index in [9.17, 15) is 0 Å². The molecule has 0 aromatic carbocycles. The molecule has 1 aliphatic rings. The fraction of sp³-hybridized carbons (Fsp3) is 1.00. The largest absolute Gasteiger partial charge is 0.380 e. The van der Waals surface area contributed by atoms with Crippen molar-refractivity contribution >= 4 is 0 Å². The molecule has 3 unspecified atom stereocenters. The Kier molecular flexibility index (Phi) is 7.09. The Balaban J connectivity index is 2.39. The summed E-state index contributed by atoms with van der Waals surface area (Å²) in [5.74, 6) is 0.742. The normalized spacial score (nSPS) is 24.2. The second-order valence-corrected chi connectivity index (χ2v) is 5.40. The van der Waals surface area contributed by atoms with Crippen molar-refractivity contribution in [3.63, 3.8) is 0 Å². The lowest BCUT2D eigenvalue weighted by atomic mass is 9.98. The molecule has 0 saturated carbocycles. The van der Waals surface area contributed by atoms with Crippen molar-refractivity contribution in [1.29, 1.82) is 0 Å². The lowest BCUT2D eigenvalue weighted by Gasteiger charge is -2.31. The maximum absolute atomic E-state index is 5.47. The molecular weight excluding hydrogens is 212 g/mol. The van der Waals surface area contributed by atoms with Crippen molar-refractivity contribution in [3.05, 3.63) is 0 Å². The maximum Gasteiger partial charge on any atom is 0.0622 e. The summed E-state index contributed by atoms with van der Waals surface area (Å²) in [6.07, 6.45) is 3.65. The van der Waals surface area contributed by atoms with E-state index in [0.717, 1.165) is 32.2 Å². The standard InChI is InChI=1S/C14H30N2O/c1-5-8-15-14(12(3)6-2)10-16(4)13-7-9-17-11-13/h12-15H,5-11H2,1-4H3. The molecule has 3 heteroatoms. The minimum Gasteiger partial charge on any atom is -0.380 e. The lowest BCUT2D eigenvalue weighted by molar-refractivity contribution is 0.145. The van der Waals surface area contributed by atoms with Crippen molar-refractivity contribution in [2.75, 3.05) is 33.4 Å². The average Bonchev–Trinajstić information content (AvgIpc) is 2.87. The molecule has 1 heterocycles. The van der Waals surface area contributed by atoms with Crippen LogP contribution in [0.4, 0.5) is 0 Å². The van der Waals surface area contributed by atoms with Crippen LogP contribution in [0.15, 0.2) is 0 Å². The second-order valence-electron chi connectivity index (χ2n) is 5.40. The highest BCUT2D eigenvalue weighted by atomic mass is 16.5. The van der Waals surface area contributed by atoms with Gasteiger partial charge in [0, 0.05) is 25.2 Å². The van der Waals surface area contributed by atoms with Crippen LogP contribution in [-0.2, 0) is 4.74 Å². The first kappa shape index (κ1) is 14.9. The monoisotopic (exact) mass is 242 g/mol. The summed E-state index contributed by atoms with van der Waals surface area (Å²) < 4.78 is 5.47. The molecule has 17 heavy (non-hydrogen) atoms. The Morgan fingerprint density at radius 2 is 2.18 bits per heavy atom. The smallest absolute Gasteiger partial charge is 0.0622 e. The number of hydrogen-bond acceptors (Lipinski definition) is 3. The van der Waals surface area contributed by atoms with Crippen LogP contribution >= 0.6 is 0 Å².